The molecule has 1 aliphatic rings. The van der Waals surface area contributed by atoms with Gasteiger partial charge in [-0.25, -0.2) is 4.98 Å². The van der Waals surface area contributed by atoms with Gasteiger partial charge < -0.3 is 9.73 Å². The molecule has 4 heteroatoms. The fourth-order valence-corrected chi connectivity index (χ4v) is 2.69. The molecule has 0 bridgehead atoms. The molecule has 0 unspecified atom stereocenters. The first-order chi connectivity index (χ1) is 9.31. The van der Waals surface area contributed by atoms with E-state index in [-0.39, 0.29) is 6.04 Å². The Balaban J connectivity index is 1.70. The summed E-state index contributed by atoms with van der Waals surface area (Å²) in [5.74, 6) is 1.71. The quantitative estimate of drug-likeness (QED) is 0.928. The van der Waals surface area contributed by atoms with Crippen LogP contribution in [0.3, 0.4) is 0 Å². The summed E-state index contributed by atoms with van der Waals surface area (Å²) in [4.78, 5) is 4.40. The Hall–Kier alpha value is -1.32. The maximum absolute atomic E-state index is 5.98. The van der Waals surface area contributed by atoms with Crippen molar-refractivity contribution in [1.82, 2.24) is 10.3 Å². The zero-order valence-electron chi connectivity index (χ0n) is 10.7. The minimum atomic E-state index is 0.280. The summed E-state index contributed by atoms with van der Waals surface area (Å²) >= 11 is 5.98. The van der Waals surface area contributed by atoms with Crippen molar-refractivity contribution >= 4 is 11.6 Å². The lowest BCUT2D eigenvalue weighted by atomic mass is 10.1. The van der Waals surface area contributed by atoms with Crippen molar-refractivity contribution in [3.63, 3.8) is 0 Å². The maximum atomic E-state index is 5.98. The van der Waals surface area contributed by atoms with Gasteiger partial charge in [-0.15, -0.1) is 0 Å². The molecule has 0 amide bonds. The molecule has 1 atom stereocenters. The van der Waals surface area contributed by atoms with Crippen LogP contribution in [-0.4, -0.2) is 11.5 Å². The summed E-state index contributed by atoms with van der Waals surface area (Å²) in [6, 6.07) is 8.12. The number of benzene rings is 1. The summed E-state index contributed by atoms with van der Waals surface area (Å²) in [6.07, 6.45) is 6.15. The van der Waals surface area contributed by atoms with E-state index in [0.717, 1.165) is 41.6 Å². The number of hydrogen-bond acceptors (Lipinski definition) is 3. The number of nitrogens with zero attached hydrogens (tertiary/aromatic N) is 1. The predicted molar refractivity (Wildman–Crippen MR) is 75.4 cm³/mol. The zero-order chi connectivity index (χ0) is 13.1. The molecule has 1 saturated heterocycles. The topological polar surface area (TPSA) is 38.1 Å². The Kier molecular flexibility index (Phi) is 3.85. The first-order valence-electron chi connectivity index (χ1n) is 6.74. The highest BCUT2D eigenvalue weighted by Crippen LogP contribution is 2.23. The molecule has 100 valence electrons. The van der Waals surface area contributed by atoms with Crippen molar-refractivity contribution in [3.05, 3.63) is 52.7 Å². The van der Waals surface area contributed by atoms with Gasteiger partial charge in [0.25, 0.3) is 0 Å². The average molecular weight is 277 g/mol. The van der Waals surface area contributed by atoms with Crippen LogP contribution in [0.1, 0.15) is 42.5 Å². The molecule has 19 heavy (non-hydrogen) atoms. The van der Waals surface area contributed by atoms with Crippen molar-refractivity contribution in [3.8, 4) is 0 Å². The monoisotopic (exact) mass is 276 g/mol. The summed E-state index contributed by atoms with van der Waals surface area (Å²) < 4.78 is 5.85. The second kappa shape index (κ2) is 5.76. The SMILES string of the molecule is Clc1cccc(Cc2cnc([C@@H]3CCCCN3)o2)c1. The predicted octanol–water partition coefficient (Wildman–Crippen LogP) is 3.73. The van der Waals surface area contributed by atoms with Gasteiger partial charge in [0.15, 0.2) is 0 Å². The van der Waals surface area contributed by atoms with Crippen LogP contribution in [-0.2, 0) is 6.42 Å². The number of piperidine rings is 1. The van der Waals surface area contributed by atoms with E-state index < -0.39 is 0 Å². The van der Waals surface area contributed by atoms with Crippen molar-refractivity contribution < 1.29 is 4.42 Å². The Labute approximate surface area is 118 Å². The average Bonchev–Trinajstić information content (AvgIpc) is 2.88. The molecule has 0 saturated carbocycles. The van der Waals surface area contributed by atoms with E-state index in [1.165, 1.54) is 12.8 Å². The molecule has 3 nitrogen and oxygen atoms in total. The molecule has 0 radical (unpaired) electrons. The third-order valence-corrected chi connectivity index (χ3v) is 3.68. The Morgan fingerprint density at radius 3 is 3.11 bits per heavy atom. The van der Waals surface area contributed by atoms with Crippen molar-refractivity contribution in [2.75, 3.05) is 6.54 Å². The third kappa shape index (κ3) is 3.17. The van der Waals surface area contributed by atoms with Gasteiger partial charge in [-0.1, -0.05) is 30.2 Å². The number of halogens is 1. The highest BCUT2D eigenvalue weighted by molar-refractivity contribution is 6.30. The molecule has 1 N–H and O–H groups in total. The molecule has 1 aromatic heterocycles. The minimum Gasteiger partial charge on any atom is -0.444 e. The van der Waals surface area contributed by atoms with Crippen molar-refractivity contribution in [2.24, 2.45) is 0 Å². The number of nitrogens with one attached hydrogen (secondary N) is 1. The van der Waals surface area contributed by atoms with Crippen LogP contribution >= 0.6 is 11.6 Å². The van der Waals surface area contributed by atoms with Crippen LogP contribution in [0.2, 0.25) is 5.02 Å². The number of hydrogen-bond donors (Lipinski definition) is 1. The van der Waals surface area contributed by atoms with E-state index in [2.05, 4.69) is 10.3 Å². The Bertz CT molecular complexity index is 547. The normalized spacial score (nSPS) is 19.5. The first kappa shape index (κ1) is 12.7. The van der Waals surface area contributed by atoms with E-state index in [1.54, 1.807) is 0 Å². The van der Waals surface area contributed by atoms with Gasteiger partial charge in [-0.3, -0.25) is 0 Å². The van der Waals surface area contributed by atoms with Gasteiger partial charge in [-0.2, -0.15) is 0 Å². The second-order valence-corrected chi connectivity index (χ2v) is 5.41. The maximum Gasteiger partial charge on any atom is 0.211 e. The minimum absolute atomic E-state index is 0.280. The summed E-state index contributed by atoms with van der Waals surface area (Å²) in [7, 11) is 0. The highest BCUT2D eigenvalue weighted by Gasteiger charge is 2.19. The van der Waals surface area contributed by atoms with E-state index in [1.807, 2.05) is 30.5 Å². The Morgan fingerprint density at radius 1 is 1.37 bits per heavy atom. The first-order valence-corrected chi connectivity index (χ1v) is 7.11. The van der Waals surface area contributed by atoms with Crippen LogP contribution < -0.4 is 5.32 Å². The summed E-state index contributed by atoms with van der Waals surface area (Å²) in [5.41, 5.74) is 1.15. The fraction of sp³-hybridized carbons (Fsp3) is 0.400. The number of aromatic nitrogens is 1. The smallest absolute Gasteiger partial charge is 0.211 e. The van der Waals surface area contributed by atoms with Gasteiger partial charge in [0.2, 0.25) is 5.89 Å². The lowest BCUT2D eigenvalue weighted by molar-refractivity contribution is 0.331. The van der Waals surface area contributed by atoms with E-state index >= 15 is 0 Å². The van der Waals surface area contributed by atoms with Gasteiger partial charge >= 0.3 is 0 Å². The lowest BCUT2D eigenvalue weighted by Gasteiger charge is -2.20. The van der Waals surface area contributed by atoms with Crippen LogP contribution in [0.4, 0.5) is 0 Å². The van der Waals surface area contributed by atoms with E-state index in [0.29, 0.717) is 0 Å². The molecule has 2 heterocycles. The highest BCUT2D eigenvalue weighted by atomic mass is 35.5. The van der Waals surface area contributed by atoms with Gasteiger partial charge in [0, 0.05) is 11.4 Å². The van der Waals surface area contributed by atoms with Gasteiger partial charge in [-0.05, 0) is 37.1 Å². The van der Waals surface area contributed by atoms with E-state index in [9.17, 15) is 0 Å². The molecule has 1 aromatic carbocycles. The second-order valence-electron chi connectivity index (χ2n) is 4.97. The molecular formula is C15H17ClN2O. The largest absolute Gasteiger partial charge is 0.444 e. The molecule has 2 aromatic rings. The molecule has 1 aliphatic heterocycles. The summed E-state index contributed by atoms with van der Waals surface area (Å²) in [6.45, 7) is 1.05. The van der Waals surface area contributed by atoms with Gasteiger partial charge in [0.1, 0.15) is 5.76 Å². The van der Waals surface area contributed by atoms with Gasteiger partial charge in [0.05, 0.1) is 12.2 Å². The van der Waals surface area contributed by atoms with Crippen LogP contribution in [0, 0.1) is 0 Å². The van der Waals surface area contributed by atoms with E-state index in [4.69, 9.17) is 16.0 Å². The molecule has 0 spiro atoms. The lowest BCUT2D eigenvalue weighted by Crippen LogP contribution is -2.26. The standard InChI is InChI=1S/C15H17ClN2O/c16-12-5-3-4-11(8-12)9-13-10-18-15(19-13)14-6-1-2-7-17-14/h3-5,8,10,14,17H,1-2,6-7,9H2/t14-/m0/s1. The molecule has 0 aliphatic carbocycles. The zero-order valence-corrected chi connectivity index (χ0v) is 11.5. The molecule has 1 fully saturated rings. The molecular weight excluding hydrogens is 260 g/mol. The Morgan fingerprint density at radius 2 is 2.32 bits per heavy atom. The number of rotatable bonds is 3. The summed E-state index contributed by atoms with van der Waals surface area (Å²) in [5, 5.41) is 4.20. The van der Waals surface area contributed by atoms with Crippen LogP contribution in [0.5, 0.6) is 0 Å². The van der Waals surface area contributed by atoms with Crippen LogP contribution in [0.25, 0.3) is 0 Å². The van der Waals surface area contributed by atoms with Crippen molar-refractivity contribution in [2.45, 2.75) is 31.7 Å². The van der Waals surface area contributed by atoms with Crippen LogP contribution in [0.15, 0.2) is 34.9 Å². The number of oxazole rings is 1. The van der Waals surface area contributed by atoms with Crippen molar-refractivity contribution in [1.29, 1.82) is 0 Å². The third-order valence-electron chi connectivity index (χ3n) is 3.45. The molecule has 3 rings (SSSR count). The fourth-order valence-electron chi connectivity index (χ4n) is 2.48.